The van der Waals surface area contributed by atoms with Crippen LogP contribution in [0.4, 0.5) is 26.3 Å². The number of halogens is 6. The second-order valence-electron chi connectivity index (χ2n) is 2.48. The second-order valence-corrected chi connectivity index (χ2v) is 2.48. The summed E-state index contributed by atoms with van der Waals surface area (Å²) in [7, 11) is 0. The van der Waals surface area contributed by atoms with Crippen LogP contribution in [0, 0.1) is 0 Å². The first-order chi connectivity index (χ1) is 6.17. The van der Waals surface area contributed by atoms with Gasteiger partial charge in [0.2, 0.25) is 0 Å². The average molecular weight is 218 g/mol. The highest BCUT2D eigenvalue weighted by Gasteiger charge is 2.33. The molecule has 0 unspecified atom stereocenters. The van der Waals surface area contributed by atoms with Crippen molar-refractivity contribution in [3.05, 3.63) is 23.8 Å². The lowest BCUT2D eigenvalue weighted by Gasteiger charge is -2.08. The molecule has 0 radical (unpaired) electrons. The molecule has 0 fully saturated rings. The molecule has 0 aliphatic carbocycles. The zero-order valence-corrected chi connectivity index (χ0v) is 7.21. The molecule has 0 aromatic rings. The highest BCUT2D eigenvalue weighted by atomic mass is 19.4. The average Bonchev–Trinajstić information content (AvgIpc) is 1.93. The van der Waals surface area contributed by atoms with Crippen molar-refractivity contribution in [1.29, 1.82) is 0 Å². The van der Waals surface area contributed by atoms with Crippen molar-refractivity contribution < 1.29 is 26.3 Å². The van der Waals surface area contributed by atoms with Crippen LogP contribution >= 0.6 is 0 Å². The van der Waals surface area contributed by atoms with Crippen LogP contribution in [0.5, 0.6) is 0 Å². The molecule has 0 bridgehead atoms. The Hall–Kier alpha value is -0.940. The fourth-order valence-corrected chi connectivity index (χ4v) is 0.684. The van der Waals surface area contributed by atoms with Crippen LogP contribution in [0.25, 0.3) is 0 Å². The predicted molar refractivity (Wildman–Crippen MR) is 39.6 cm³/mol. The molecular formula is C8H8F6. The largest absolute Gasteiger partial charge is 0.416 e. The minimum atomic E-state index is -4.74. The van der Waals surface area contributed by atoms with Crippen LogP contribution in [-0.2, 0) is 0 Å². The van der Waals surface area contributed by atoms with Crippen molar-refractivity contribution in [1.82, 2.24) is 0 Å². The minimum Gasteiger partial charge on any atom is -0.171 e. The van der Waals surface area contributed by atoms with E-state index in [1.807, 2.05) is 0 Å². The van der Waals surface area contributed by atoms with Crippen LogP contribution in [0.15, 0.2) is 23.8 Å². The molecule has 0 spiro atoms. The molecule has 14 heavy (non-hydrogen) atoms. The maximum Gasteiger partial charge on any atom is 0.416 e. The molecule has 0 aliphatic heterocycles. The molecular weight excluding hydrogens is 210 g/mol. The number of hydrogen-bond donors (Lipinski definition) is 0. The molecule has 0 saturated heterocycles. The van der Waals surface area contributed by atoms with Crippen LogP contribution < -0.4 is 0 Å². The van der Waals surface area contributed by atoms with Gasteiger partial charge in [0, 0.05) is 0 Å². The van der Waals surface area contributed by atoms with E-state index in [-0.39, 0.29) is 6.08 Å². The number of rotatable bonds is 2. The molecule has 0 saturated carbocycles. The summed E-state index contributed by atoms with van der Waals surface area (Å²) in [6.45, 7) is 1.30. The summed E-state index contributed by atoms with van der Waals surface area (Å²) < 4.78 is 70.8. The van der Waals surface area contributed by atoms with E-state index in [2.05, 4.69) is 0 Å². The molecule has 0 atom stereocenters. The standard InChI is InChI=1S/C8H8F6/c1-2-3-6(8(12,13)14)4-5-7(9,10)11/h2-4H,5H2,1H3/b3-2-,6-4+. The fraction of sp³-hybridized carbons (Fsp3) is 0.500. The summed E-state index contributed by atoms with van der Waals surface area (Å²) in [4.78, 5) is 0. The normalized spacial score (nSPS) is 15.2. The minimum absolute atomic E-state index is 0.125. The quantitative estimate of drug-likeness (QED) is 0.485. The zero-order chi connectivity index (χ0) is 11.4. The Bertz CT molecular complexity index is 229. The van der Waals surface area contributed by atoms with E-state index in [4.69, 9.17) is 0 Å². The lowest BCUT2D eigenvalue weighted by molar-refractivity contribution is -0.126. The Kier molecular flexibility index (Phi) is 4.22. The van der Waals surface area contributed by atoms with Crippen LogP contribution in [0.1, 0.15) is 13.3 Å². The lowest BCUT2D eigenvalue weighted by Crippen LogP contribution is -2.12. The SMILES string of the molecule is C/C=C\C(=C/CC(F)(F)F)C(F)(F)F. The number of hydrogen-bond acceptors (Lipinski definition) is 0. The molecule has 0 heterocycles. The molecule has 82 valence electrons. The third-order valence-corrected chi connectivity index (χ3v) is 1.23. The number of allylic oxidation sites excluding steroid dienone is 4. The van der Waals surface area contributed by atoms with Crippen LogP contribution in [-0.4, -0.2) is 12.4 Å². The summed E-state index contributed by atoms with van der Waals surface area (Å²) in [5.74, 6) is 0. The third-order valence-electron chi connectivity index (χ3n) is 1.23. The third kappa shape index (κ3) is 5.66. The highest BCUT2D eigenvalue weighted by molar-refractivity contribution is 5.23. The van der Waals surface area contributed by atoms with E-state index in [9.17, 15) is 26.3 Å². The lowest BCUT2D eigenvalue weighted by atomic mass is 10.2. The molecule has 6 heteroatoms. The van der Waals surface area contributed by atoms with Crippen molar-refractivity contribution in [3.63, 3.8) is 0 Å². The van der Waals surface area contributed by atoms with Gasteiger partial charge in [0.15, 0.2) is 0 Å². The monoisotopic (exact) mass is 218 g/mol. The van der Waals surface area contributed by atoms with Gasteiger partial charge in [-0.2, -0.15) is 26.3 Å². The van der Waals surface area contributed by atoms with Gasteiger partial charge in [0.05, 0.1) is 12.0 Å². The van der Waals surface area contributed by atoms with E-state index in [0.717, 1.165) is 6.08 Å². The Morgan fingerprint density at radius 3 is 1.86 bits per heavy atom. The van der Waals surface area contributed by atoms with E-state index >= 15 is 0 Å². The van der Waals surface area contributed by atoms with Crippen molar-refractivity contribution in [2.75, 3.05) is 0 Å². The van der Waals surface area contributed by atoms with Gasteiger partial charge in [0.25, 0.3) is 0 Å². The summed E-state index contributed by atoms with van der Waals surface area (Å²) in [6.07, 6.45) is -9.16. The predicted octanol–water partition coefficient (Wildman–Crippen LogP) is 4.00. The van der Waals surface area contributed by atoms with E-state index < -0.39 is 24.3 Å². The van der Waals surface area contributed by atoms with Gasteiger partial charge in [-0.15, -0.1) is 0 Å². The van der Waals surface area contributed by atoms with Crippen molar-refractivity contribution in [2.24, 2.45) is 0 Å². The van der Waals surface area contributed by atoms with Gasteiger partial charge < -0.3 is 0 Å². The molecule has 0 N–H and O–H groups in total. The molecule has 0 rings (SSSR count). The highest BCUT2D eigenvalue weighted by Crippen LogP contribution is 2.29. The van der Waals surface area contributed by atoms with Gasteiger partial charge in [-0.25, -0.2) is 0 Å². The van der Waals surface area contributed by atoms with Crippen molar-refractivity contribution in [3.8, 4) is 0 Å². The number of alkyl halides is 6. The molecule has 0 aromatic heterocycles. The van der Waals surface area contributed by atoms with Crippen LogP contribution in [0.2, 0.25) is 0 Å². The molecule has 0 amide bonds. The van der Waals surface area contributed by atoms with Gasteiger partial charge in [-0.1, -0.05) is 18.2 Å². The summed E-state index contributed by atoms with van der Waals surface area (Å²) >= 11 is 0. The smallest absolute Gasteiger partial charge is 0.171 e. The summed E-state index contributed by atoms with van der Waals surface area (Å²) in [6, 6.07) is 0. The van der Waals surface area contributed by atoms with Gasteiger partial charge in [-0.05, 0) is 6.92 Å². The maximum absolute atomic E-state index is 12.0. The van der Waals surface area contributed by atoms with Gasteiger partial charge in [-0.3, -0.25) is 0 Å². The van der Waals surface area contributed by atoms with E-state index in [1.165, 1.54) is 6.92 Å². The fourth-order valence-electron chi connectivity index (χ4n) is 0.684. The zero-order valence-electron chi connectivity index (χ0n) is 7.21. The van der Waals surface area contributed by atoms with E-state index in [0.29, 0.717) is 6.08 Å². The van der Waals surface area contributed by atoms with Crippen molar-refractivity contribution >= 4 is 0 Å². The van der Waals surface area contributed by atoms with Crippen LogP contribution in [0.3, 0.4) is 0 Å². The first kappa shape index (κ1) is 13.1. The molecule has 0 aromatic carbocycles. The maximum atomic E-state index is 12.0. The van der Waals surface area contributed by atoms with Crippen molar-refractivity contribution in [2.45, 2.75) is 25.7 Å². The van der Waals surface area contributed by atoms with Gasteiger partial charge >= 0.3 is 12.4 Å². The van der Waals surface area contributed by atoms with Gasteiger partial charge in [0.1, 0.15) is 0 Å². The Morgan fingerprint density at radius 1 is 1.07 bits per heavy atom. The topological polar surface area (TPSA) is 0 Å². The second kappa shape index (κ2) is 4.52. The summed E-state index contributed by atoms with van der Waals surface area (Å²) in [5.41, 5.74) is -1.28. The molecule has 0 nitrogen and oxygen atoms in total. The Balaban J connectivity index is 4.68. The molecule has 0 aliphatic rings. The Labute approximate surface area is 76.9 Å². The summed E-state index contributed by atoms with van der Waals surface area (Å²) in [5, 5.41) is 0. The van der Waals surface area contributed by atoms with E-state index in [1.54, 1.807) is 0 Å². The first-order valence-electron chi connectivity index (χ1n) is 3.63. The Morgan fingerprint density at radius 2 is 1.57 bits per heavy atom. The first-order valence-corrected chi connectivity index (χ1v) is 3.63.